The lowest BCUT2D eigenvalue weighted by Crippen LogP contribution is -2.27. The van der Waals surface area contributed by atoms with Crippen molar-refractivity contribution >= 4 is 43.6 Å². The van der Waals surface area contributed by atoms with Gasteiger partial charge in [-0.25, -0.2) is 0 Å². The number of hydrogen-bond acceptors (Lipinski definition) is 2. The quantitative estimate of drug-likeness (QED) is 0.160. The number of pyridine rings is 1. The average molecular weight is 1050 g/mol. The summed E-state index contributed by atoms with van der Waals surface area (Å²) < 4.78 is 4.67. The van der Waals surface area contributed by atoms with E-state index in [4.69, 9.17) is 4.98 Å². The van der Waals surface area contributed by atoms with Crippen LogP contribution in [0.1, 0.15) is 27.9 Å². The highest BCUT2D eigenvalue weighted by atomic mass is 15.0. The smallest absolute Gasteiger partial charge is 0.104 e. The number of benzene rings is 12. The largest absolute Gasteiger partial charge is 0.308 e. The Bertz CT molecular complexity index is 4720. The van der Waals surface area contributed by atoms with Crippen molar-refractivity contribution in [3.63, 3.8) is 0 Å². The molecule has 3 aromatic heterocycles. The van der Waals surface area contributed by atoms with Crippen molar-refractivity contribution in [3.8, 4) is 95.5 Å². The Hall–Kier alpha value is -11.1. The van der Waals surface area contributed by atoms with Crippen LogP contribution in [0.2, 0.25) is 0 Å². The van der Waals surface area contributed by atoms with E-state index in [9.17, 15) is 5.26 Å². The summed E-state index contributed by atoms with van der Waals surface area (Å²) in [4.78, 5) is 6.00. The Morgan fingerprint density at radius 3 is 0.964 bits per heavy atom. The van der Waals surface area contributed by atoms with Crippen LogP contribution in [-0.4, -0.2) is 14.1 Å². The van der Waals surface area contributed by atoms with Crippen LogP contribution >= 0.6 is 0 Å². The first-order chi connectivity index (χ1) is 41.1. The minimum absolute atomic E-state index is 0.550. The number of nitriles is 1. The summed E-state index contributed by atoms with van der Waals surface area (Å²) in [5, 5.41) is 16.6. The molecule has 17 rings (SSSR count). The molecular formula is C79H48N4. The van der Waals surface area contributed by atoms with Crippen LogP contribution in [0.15, 0.2) is 291 Å². The van der Waals surface area contributed by atoms with E-state index >= 15 is 0 Å². The maximum atomic E-state index is 12.2. The van der Waals surface area contributed by atoms with Crippen molar-refractivity contribution in [3.05, 3.63) is 319 Å². The van der Waals surface area contributed by atoms with Crippen molar-refractivity contribution in [1.29, 1.82) is 5.26 Å². The van der Waals surface area contributed by atoms with Gasteiger partial charge in [0.15, 0.2) is 0 Å². The van der Waals surface area contributed by atoms with E-state index in [1.165, 1.54) is 33.4 Å². The standard InChI is InChI=1S/C79H48N4/c80-49-67-76(82-72-39-33-54(50-19-5-1-6-20-50)43-63(72)64-44-55(34-40-73(64)82)51-21-7-2-8-22-51)47-58(71-38-37-62-61-29-15-18-32-70(61)79(78(62)81-71)68-30-16-13-27-59(68)60-28-14-17-31-69(60)79)48-77(67)83-74-41-35-56(52-23-9-3-10-24-52)45-65(74)66-46-57(36-42-75(66)83)53-25-11-4-12-26-53/h1-48H. The first-order valence-electron chi connectivity index (χ1n) is 28.4. The Balaban J connectivity index is 0.984. The molecule has 0 saturated carbocycles. The van der Waals surface area contributed by atoms with Gasteiger partial charge >= 0.3 is 0 Å². The van der Waals surface area contributed by atoms with Gasteiger partial charge in [-0.3, -0.25) is 4.98 Å². The van der Waals surface area contributed by atoms with Gasteiger partial charge in [0, 0.05) is 32.7 Å². The van der Waals surface area contributed by atoms with Crippen LogP contribution in [0.3, 0.4) is 0 Å². The molecule has 2 aliphatic rings. The second-order valence-electron chi connectivity index (χ2n) is 22.0. The highest BCUT2D eigenvalue weighted by molar-refractivity contribution is 6.14. The van der Waals surface area contributed by atoms with Gasteiger partial charge in [-0.1, -0.05) is 224 Å². The zero-order chi connectivity index (χ0) is 54.8. The maximum absolute atomic E-state index is 12.2. The van der Waals surface area contributed by atoms with E-state index in [1.807, 2.05) is 0 Å². The second kappa shape index (κ2) is 18.2. The van der Waals surface area contributed by atoms with Crippen molar-refractivity contribution < 1.29 is 0 Å². The van der Waals surface area contributed by atoms with E-state index in [0.29, 0.717) is 5.56 Å². The van der Waals surface area contributed by atoms with Gasteiger partial charge in [0.1, 0.15) is 11.6 Å². The lowest BCUT2D eigenvalue weighted by Gasteiger charge is -2.29. The van der Waals surface area contributed by atoms with Gasteiger partial charge in [0.25, 0.3) is 0 Å². The highest BCUT2D eigenvalue weighted by Crippen LogP contribution is 2.62. The molecule has 4 heteroatoms. The molecular weight excluding hydrogens is 1000 g/mol. The molecule has 12 aromatic carbocycles. The summed E-state index contributed by atoms with van der Waals surface area (Å²) in [6.45, 7) is 0. The van der Waals surface area contributed by atoms with Crippen molar-refractivity contribution in [2.24, 2.45) is 0 Å². The van der Waals surface area contributed by atoms with E-state index in [2.05, 4.69) is 306 Å². The average Bonchev–Trinajstić information content (AvgIpc) is 1.97. The second-order valence-corrected chi connectivity index (χ2v) is 22.0. The molecule has 2 aliphatic carbocycles. The Morgan fingerprint density at radius 2 is 0.614 bits per heavy atom. The number of fused-ring (bicyclic) bond motifs is 16. The van der Waals surface area contributed by atoms with Gasteiger partial charge in [-0.2, -0.15) is 5.26 Å². The molecule has 1 spiro atoms. The maximum Gasteiger partial charge on any atom is 0.104 e. The summed E-state index contributed by atoms with van der Waals surface area (Å²) in [7, 11) is 0. The zero-order valence-corrected chi connectivity index (χ0v) is 45.0. The molecule has 15 aromatic rings. The fourth-order valence-electron chi connectivity index (χ4n) is 14.1. The third kappa shape index (κ3) is 6.89. The normalized spacial score (nSPS) is 12.7. The molecule has 0 aliphatic heterocycles. The number of hydrogen-bond donors (Lipinski definition) is 0. The minimum Gasteiger partial charge on any atom is -0.308 e. The molecule has 0 amide bonds. The third-order valence-corrected chi connectivity index (χ3v) is 17.8. The lowest BCUT2D eigenvalue weighted by molar-refractivity contribution is 0.761. The molecule has 384 valence electrons. The molecule has 3 heterocycles. The highest BCUT2D eigenvalue weighted by Gasteiger charge is 2.53. The predicted molar refractivity (Wildman–Crippen MR) is 341 cm³/mol. The van der Waals surface area contributed by atoms with Gasteiger partial charge in [-0.15, -0.1) is 0 Å². The zero-order valence-electron chi connectivity index (χ0n) is 45.0. The van der Waals surface area contributed by atoms with Crippen LogP contribution < -0.4 is 0 Å². The van der Waals surface area contributed by atoms with E-state index < -0.39 is 5.41 Å². The van der Waals surface area contributed by atoms with Crippen LogP contribution in [0.5, 0.6) is 0 Å². The monoisotopic (exact) mass is 1050 g/mol. The summed E-state index contributed by atoms with van der Waals surface area (Å²) in [6.07, 6.45) is 0. The molecule has 83 heavy (non-hydrogen) atoms. The Labute approximate surface area is 480 Å². The fraction of sp³-hybridized carbons (Fsp3) is 0.0127. The van der Waals surface area contributed by atoms with E-state index in [-0.39, 0.29) is 0 Å². The topological polar surface area (TPSA) is 46.5 Å². The Kier molecular flexibility index (Phi) is 10.3. The number of aromatic nitrogens is 3. The third-order valence-electron chi connectivity index (χ3n) is 17.8. The predicted octanol–water partition coefficient (Wildman–Crippen LogP) is 19.8. The Morgan fingerprint density at radius 1 is 0.289 bits per heavy atom. The molecule has 0 saturated heterocycles. The van der Waals surface area contributed by atoms with Gasteiger partial charge in [0.2, 0.25) is 0 Å². The lowest BCUT2D eigenvalue weighted by atomic mass is 9.72. The van der Waals surface area contributed by atoms with Crippen LogP contribution in [0, 0.1) is 11.3 Å². The molecule has 0 radical (unpaired) electrons. The van der Waals surface area contributed by atoms with E-state index in [1.54, 1.807) is 0 Å². The number of rotatable bonds is 7. The van der Waals surface area contributed by atoms with Crippen LogP contribution in [0.25, 0.3) is 133 Å². The van der Waals surface area contributed by atoms with Crippen molar-refractivity contribution in [1.82, 2.24) is 14.1 Å². The minimum atomic E-state index is -0.646. The van der Waals surface area contributed by atoms with E-state index in [0.717, 1.165) is 122 Å². The van der Waals surface area contributed by atoms with Gasteiger partial charge < -0.3 is 9.13 Å². The van der Waals surface area contributed by atoms with Crippen molar-refractivity contribution in [2.75, 3.05) is 0 Å². The molecule has 4 nitrogen and oxygen atoms in total. The molecule has 0 N–H and O–H groups in total. The molecule has 0 unspecified atom stereocenters. The molecule has 0 bridgehead atoms. The van der Waals surface area contributed by atoms with Gasteiger partial charge in [-0.05, 0) is 145 Å². The van der Waals surface area contributed by atoms with Crippen molar-refractivity contribution in [2.45, 2.75) is 5.41 Å². The SMILES string of the molecule is N#Cc1c(-n2c3ccc(-c4ccccc4)cc3c3cc(-c4ccccc4)ccc32)cc(-c2ccc3c(n2)C2(c4ccccc4-c4ccccc42)c2ccccc2-3)cc1-n1c2ccc(-c3ccccc3)cc2c2cc(-c3ccccc3)ccc21. The summed E-state index contributed by atoms with van der Waals surface area (Å²) in [5.41, 5.74) is 25.8. The summed E-state index contributed by atoms with van der Waals surface area (Å²) >= 11 is 0. The number of nitrogens with zero attached hydrogens (tertiary/aromatic N) is 4. The molecule has 0 atom stereocenters. The van der Waals surface area contributed by atoms with Gasteiger partial charge in [0.05, 0.1) is 50.2 Å². The molecule has 0 fully saturated rings. The first kappa shape index (κ1) is 46.8. The van der Waals surface area contributed by atoms with Crippen LogP contribution in [0.4, 0.5) is 0 Å². The first-order valence-corrected chi connectivity index (χ1v) is 28.4. The summed E-state index contributed by atoms with van der Waals surface area (Å²) in [6, 6.07) is 108. The summed E-state index contributed by atoms with van der Waals surface area (Å²) in [5.74, 6) is 0. The van der Waals surface area contributed by atoms with Crippen LogP contribution in [-0.2, 0) is 5.41 Å². The fourth-order valence-corrected chi connectivity index (χ4v) is 14.1.